The van der Waals surface area contributed by atoms with E-state index < -0.39 is 0 Å². The van der Waals surface area contributed by atoms with Crippen LogP contribution in [-0.2, 0) is 16.6 Å². The lowest BCUT2D eigenvalue weighted by Gasteiger charge is -2.40. The minimum absolute atomic E-state index is 0.0106. The Hall–Kier alpha value is -2.63. The zero-order valence-corrected chi connectivity index (χ0v) is 16.8. The van der Waals surface area contributed by atoms with Gasteiger partial charge in [0.1, 0.15) is 12.4 Å². The van der Waals surface area contributed by atoms with Crippen molar-refractivity contribution in [3.05, 3.63) is 47.7 Å². The van der Waals surface area contributed by atoms with Gasteiger partial charge in [-0.15, -0.1) is 5.10 Å². The molecule has 1 aromatic heterocycles. The number of hydrogen-bond acceptors (Lipinski definition) is 5. The smallest absolute Gasteiger partial charge is 0.226 e. The van der Waals surface area contributed by atoms with Gasteiger partial charge in [0.05, 0.1) is 11.6 Å². The van der Waals surface area contributed by atoms with Crippen LogP contribution in [0, 0.1) is 11.8 Å². The predicted octanol–water partition coefficient (Wildman–Crippen LogP) is 2.58. The quantitative estimate of drug-likeness (QED) is 0.883. The molecule has 0 bridgehead atoms. The molecule has 28 heavy (non-hydrogen) atoms. The zero-order valence-electron chi connectivity index (χ0n) is 16.8. The van der Waals surface area contributed by atoms with Gasteiger partial charge in [-0.2, -0.15) is 5.10 Å². The average molecular weight is 380 g/mol. The summed E-state index contributed by atoms with van der Waals surface area (Å²) in [5.74, 6) is 2.24. The van der Waals surface area contributed by atoms with Crippen molar-refractivity contribution in [3.8, 4) is 5.75 Å². The Bertz CT molecular complexity index is 838. The number of amides is 1. The summed E-state index contributed by atoms with van der Waals surface area (Å²) in [6, 6.07) is 12.0. The average Bonchev–Trinajstić information content (AvgIpc) is 2.66. The molecule has 3 heterocycles. The van der Waals surface area contributed by atoms with Crippen LogP contribution in [0.1, 0.15) is 32.0 Å². The van der Waals surface area contributed by atoms with E-state index in [0.29, 0.717) is 19.1 Å². The van der Waals surface area contributed by atoms with E-state index in [4.69, 9.17) is 4.74 Å². The summed E-state index contributed by atoms with van der Waals surface area (Å²) in [6.07, 6.45) is 0.745. The molecule has 2 aliphatic rings. The Kier molecular flexibility index (Phi) is 4.96. The molecule has 1 saturated heterocycles. The second-order valence-corrected chi connectivity index (χ2v) is 8.86. The SMILES string of the molecule is CC(C)(C)c1ccc(N2CC(CNC(=O)C3COc4ccccc4C3)C2)nn1. The van der Waals surface area contributed by atoms with Gasteiger partial charge in [-0.1, -0.05) is 39.0 Å². The Balaban J connectivity index is 1.23. The van der Waals surface area contributed by atoms with Crippen molar-refractivity contribution in [1.29, 1.82) is 0 Å². The lowest BCUT2D eigenvalue weighted by Crippen LogP contribution is -2.52. The number of ether oxygens (including phenoxy) is 1. The molecule has 6 heteroatoms. The summed E-state index contributed by atoms with van der Waals surface area (Å²) in [5, 5.41) is 11.8. The summed E-state index contributed by atoms with van der Waals surface area (Å²) in [5.41, 5.74) is 2.12. The number of fused-ring (bicyclic) bond motifs is 1. The highest BCUT2D eigenvalue weighted by Crippen LogP contribution is 2.27. The Morgan fingerprint density at radius 1 is 1.18 bits per heavy atom. The van der Waals surface area contributed by atoms with Crippen LogP contribution < -0.4 is 15.0 Å². The fourth-order valence-corrected chi connectivity index (χ4v) is 3.67. The van der Waals surface area contributed by atoms with Crippen LogP contribution in [0.25, 0.3) is 0 Å². The van der Waals surface area contributed by atoms with E-state index in [9.17, 15) is 4.79 Å². The van der Waals surface area contributed by atoms with E-state index in [-0.39, 0.29) is 17.2 Å². The molecule has 1 unspecified atom stereocenters. The van der Waals surface area contributed by atoms with Gasteiger partial charge >= 0.3 is 0 Å². The predicted molar refractivity (Wildman–Crippen MR) is 109 cm³/mol. The van der Waals surface area contributed by atoms with Gasteiger partial charge in [-0.3, -0.25) is 4.79 Å². The second-order valence-electron chi connectivity index (χ2n) is 8.86. The molecular weight excluding hydrogens is 352 g/mol. The second kappa shape index (κ2) is 7.41. The monoisotopic (exact) mass is 380 g/mol. The molecule has 4 rings (SSSR count). The highest BCUT2D eigenvalue weighted by molar-refractivity contribution is 5.79. The zero-order chi connectivity index (χ0) is 19.7. The Morgan fingerprint density at radius 3 is 2.68 bits per heavy atom. The van der Waals surface area contributed by atoms with Crippen LogP contribution in [-0.4, -0.2) is 42.3 Å². The molecule has 0 aliphatic carbocycles. The number of carbonyl (C=O) groups excluding carboxylic acids is 1. The summed E-state index contributed by atoms with van der Waals surface area (Å²) in [6.45, 7) is 9.34. The topological polar surface area (TPSA) is 67.4 Å². The summed E-state index contributed by atoms with van der Waals surface area (Å²) in [7, 11) is 0. The minimum Gasteiger partial charge on any atom is -0.492 e. The third-order valence-electron chi connectivity index (χ3n) is 5.51. The third kappa shape index (κ3) is 3.96. The first-order valence-corrected chi connectivity index (χ1v) is 9.98. The van der Waals surface area contributed by atoms with Gasteiger partial charge in [0.15, 0.2) is 5.82 Å². The van der Waals surface area contributed by atoms with E-state index in [0.717, 1.165) is 42.3 Å². The molecule has 148 valence electrons. The summed E-state index contributed by atoms with van der Waals surface area (Å²) < 4.78 is 5.73. The van der Waals surface area contributed by atoms with E-state index in [1.165, 1.54) is 0 Å². The van der Waals surface area contributed by atoms with Gasteiger partial charge < -0.3 is 15.0 Å². The summed E-state index contributed by atoms with van der Waals surface area (Å²) in [4.78, 5) is 14.7. The maximum atomic E-state index is 12.5. The van der Waals surface area contributed by atoms with Crippen LogP contribution in [0.2, 0.25) is 0 Å². The van der Waals surface area contributed by atoms with E-state index >= 15 is 0 Å². The number of hydrogen-bond donors (Lipinski definition) is 1. The first-order valence-electron chi connectivity index (χ1n) is 9.98. The number of aromatic nitrogens is 2. The fourth-order valence-electron chi connectivity index (χ4n) is 3.67. The summed E-state index contributed by atoms with van der Waals surface area (Å²) >= 11 is 0. The Labute approximate surface area is 166 Å². The molecule has 1 atom stereocenters. The van der Waals surface area contributed by atoms with Crippen molar-refractivity contribution in [3.63, 3.8) is 0 Å². The Morgan fingerprint density at radius 2 is 1.96 bits per heavy atom. The fraction of sp³-hybridized carbons (Fsp3) is 0.500. The maximum Gasteiger partial charge on any atom is 0.226 e. The molecule has 0 saturated carbocycles. The lowest BCUT2D eigenvalue weighted by atomic mass is 9.92. The van der Waals surface area contributed by atoms with Crippen LogP contribution in [0.3, 0.4) is 0 Å². The molecule has 1 N–H and O–H groups in total. The van der Waals surface area contributed by atoms with Crippen molar-refractivity contribution >= 4 is 11.7 Å². The lowest BCUT2D eigenvalue weighted by molar-refractivity contribution is -0.126. The minimum atomic E-state index is -0.109. The normalized spacial score (nSPS) is 19.4. The standard InChI is InChI=1S/C22H28N4O2/c1-22(2,3)19-8-9-20(25-24-19)26-12-15(13-26)11-23-21(27)17-10-16-6-4-5-7-18(16)28-14-17/h4-9,15,17H,10-14H2,1-3H3,(H,23,27). The number of nitrogens with zero attached hydrogens (tertiary/aromatic N) is 3. The van der Waals surface area contributed by atoms with E-state index in [2.05, 4.69) is 47.3 Å². The van der Waals surface area contributed by atoms with Crippen LogP contribution in [0.15, 0.2) is 36.4 Å². The number of nitrogens with one attached hydrogen (secondary N) is 1. The molecule has 0 spiro atoms. The van der Waals surface area contributed by atoms with Gasteiger partial charge in [-0.25, -0.2) is 0 Å². The van der Waals surface area contributed by atoms with Gasteiger partial charge in [0, 0.05) is 31.0 Å². The molecular formula is C22H28N4O2. The molecule has 6 nitrogen and oxygen atoms in total. The van der Waals surface area contributed by atoms with Crippen molar-refractivity contribution in [2.45, 2.75) is 32.6 Å². The number of rotatable bonds is 4. The first kappa shape index (κ1) is 18.7. The van der Waals surface area contributed by atoms with Crippen molar-refractivity contribution in [1.82, 2.24) is 15.5 Å². The highest BCUT2D eigenvalue weighted by atomic mass is 16.5. The van der Waals surface area contributed by atoms with Gasteiger partial charge in [0.2, 0.25) is 5.91 Å². The number of carbonyl (C=O) groups is 1. The van der Waals surface area contributed by atoms with E-state index in [1.807, 2.05) is 30.3 Å². The molecule has 2 aromatic rings. The van der Waals surface area contributed by atoms with Crippen LogP contribution in [0.4, 0.5) is 5.82 Å². The largest absolute Gasteiger partial charge is 0.492 e. The van der Waals surface area contributed by atoms with Crippen molar-refractivity contribution in [2.75, 3.05) is 31.1 Å². The third-order valence-corrected chi connectivity index (χ3v) is 5.51. The molecule has 0 radical (unpaired) electrons. The van der Waals surface area contributed by atoms with Gasteiger partial charge in [0.25, 0.3) is 0 Å². The number of benzene rings is 1. The van der Waals surface area contributed by atoms with E-state index in [1.54, 1.807) is 0 Å². The number of anilines is 1. The van der Waals surface area contributed by atoms with Crippen molar-refractivity contribution < 1.29 is 9.53 Å². The maximum absolute atomic E-state index is 12.5. The molecule has 1 aromatic carbocycles. The van der Waals surface area contributed by atoms with Crippen molar-refractivity contribution in [2.24, 2.45) is 11.8 Å². The first-order chi connectivity index (χ1) is 13.4. The van der Waals surface area contributed by atoms with Crippen LogP contribution >= 0.6 is 0 Å². The van der Waals surface area contributed by atoms with Gasteiger partial charge in [-0.05, 0) is 30.2 Å². The molecule has 1 fully saturated rings. The number of para-hydroxylation sites is 1. The highest BCUT2D eigenvalue weighted by Gasteiger charge is 2.31. The molecule has 1 amide bonds. The molecule has 2 aliphatic heterocycles. The van der Waals surface area contributed by atoms with Crippen LogP contribution in [0.5, 0.6) is 5.75 Å².